The minimum atomic E-state index is -0.506. The highest BCUT2D eigenvalue weighted by Crippen LogP contribution is 2.07. The molecule has 2 heterocycles. The first-order valence-electron chi connectivity index (χ1n) is 4.46. The molecule has 0 unspecified atom stereocenters. The number of aromatic nitrogens is 3. The standard InChI is InChI=1S/C9H8ClN3O2S/c1-5-7(10)12-9(15)13(8(5)14)3-6-2-11-4-16-6/h2,4H,3H2,1H3,(H,12,15). The van der Waals surface area contributed by atoms with Gasteiger partial charge in [-0.2, -0.15) is 0 Å². The molecule has 16 heavy (non-hydrogen) atoms. The van der Waals surface area contributed by atoms with Gasteiger partial charge in [0, 0.05) is 16.6 Å². The van der Waals surface area contributed by atoms with Gasteiger partial charge in [0.2, 0.25) is 0 Å². The first-order valence-corrected chi connectivity index (χ1v) is 5.72. The van der Waals surface area contributed by atoms with Crippen LogP contribution in [-0.2, 0) is 6.54 Å². The molecule has 0 spiro atoms. The lowest BCUT2D eigenvalue weighted by atomic mass is 10.4. The molecular weight excluding hydrogens is 250 g/mol. The fourth-order valence-corrected chi connectivity index (χ4v) is 2.01. The van der Waals surface area contributed by atoms with E-state index in [0.717, 1.165) is 9.44 Å². The van der Waals surface area contributed by atoms with Gasteiger partial charge in [-0.25, -0.2) is 4.79 Å². The van der Waals surface area contributed by atoms with Crippen LogP contribution in [0.5, 0.6) is 0 Å². The lowest BCUT2D eigenvalue weighted by Gasteiger charge is -2.04. The first-order chi connectivity index (χ1) is 7.59. The van der Waals surface area contributed by atoms with Gasteiger partial charge in [-0.1, -0.05) is 11.6 Å². The van der Waals surface area contributed by atoms with Crippen molar-refractivity contribution in [1.82, 2.24) is 14.5 Å². The van der Waals surface area contributed by atoms with Gasteiger partial charge in [0.1, 0.15) is 5.15 Å². The van der Waals surface area contributed by atoms with Crippen LogP contribution in [0.3, 0.4) is 0 Å². The molecule has 0 aliphatic heterocycles. The summed E-state index contributed by atoms with van der Waals surface area (Å²) in [5.74, 6) is 0. The number of hydrogen-bond acceptors (Lipinski definition) is 4. The average molecular weight is 258 g/mol. The molecule has 0 amide bonds. The van der Waals surface area contributed by atoms with Crippen LogP contribution in [0.15, 0.2) is 21.3 Å². The number of H-pyrrole nitrogens is 1. The molecule has 0 aromatic carbocycles. The molecular formula is C9H8ClN3O2S. The molecule has 0 saturated carbocycles. The molecule has 1 N–H and O–H groups in total. The Morgan fingerprint density at radius 2 is 2.31 bits per heavy atom. The Kier molecular flexibility index (Phi) is 2.93. The van der Waals surface area contributed by atoms with E-state index in [4.69, 9.17) is 11.6 Å². The third kappa shape index (κ3) is 1.94. The van der Waals surface area contributed by atoms with Crippen LogP contribution in [0, 0.1) is 6.92 Å². The maximum Gasteiger partial charge on any atom is 0.329 e. The largest absolute Gasteiger partial charge is 0.329 e. The van der Waals surface area contributed by atoms with Gasteiger partial charge in [0.25, 0.3) is 5.56 Å². The van der Waals surface area contributed by atoms with Gasteiger partial charge in [-0.05, 0) is 6.92 Å². The summed E-state index contributed by atoms with van der Waals surface area (Å²) in [5, 5.41) is 0.0931. The van der Waals surface area contributed by atoms with Gasteiger partial charge < -0.3 is 0 Å². The van der Waals surface area contributed by atoms with Gasteiger partial charge in [0.05, 0.1) is 12.1 Å². The summed E-state index contributed by atoms with van der Waals surface area (Å²) in [7, 11) is 0. The molecule has 2 aromatic rings. The van der Waals surface area contributed by atoms with E-state index in [1.807, 2.05) is 0 Å². The van der Waals surface area contributed by atoms with Crippen molar-refractivity contribution in [2.75, 3.05) is 0 Å². The van der Waals surface area contributed by atoms with Crippen LogP contribution in [0.1, 0.15) is 10.4 Å². The average Bonchev–Trinajstić information content (AvgIpc) is 2.74. The highest BCUT2D eigenvalue weighted by atomic mass is 35.5. The van der Waals surface area contributed by atoms with Crippen molar-refractivity contribution < 1.29 is 0 Å². The fourth-order valence-electron chi connectivity index (χ4n) is 1.26. The second kappa shape index (κ2) is 4.23. The number of rotatable bonds is 2. The number of nitrogens with zero attached hydrogens (tertiary/aromatic N) is 2. The second-order valence-electron chi connectivity index (χ2n) is 3.23. The SMILES string of the molecule is Cc1c(Cl)[nH]c(=O)n(Cc2cncs2)c1=O. The van der Waals surface area contributed by atoms with Crippen molar-refractivity contribution in [3.05, 3.63) is 48.1 Å². The molecule has 0 radical (unpaired) electrons. The predicted molar refractivity (Wildman–Crippen MR) is 62.3 cm³/mol. The van der Waals surface area contributed by atoms with E-state index in [-0.39, 0.29) is 17.3 Å². The maximum atomic E-state index is 11.8. The quantitative estimate of drug-likeness (QED) is 0.817. The van der Waals surface area contributed by atoms with Gasteiger partial charge in [-0.15, -0.1) is 11.3 Å². The Labute approximate surface area is 99.4 Å². The summed E-state index contributed by atoms with van der Waals surface area (Å²) < 4.78 is 1.11. The van der Waals surface area contributed by atoms with Crippen molar-refractivity contribution in [3.63, 3.8) is 0 Å². The van der Waals surface area contributed by atoms with Crippen LogP contribution < -0.4 is 11.2 Å². The number of thiazole rings is 1. The van der Waals surface area contributed by atoms with Crippen LogP contribution in [-0.4, -0.2) is 14.5 Å². The number of aromatic amines is 1. The molecule has 2 aromatic heterocycles. The van der Waals surface area contributed by atoms with Crippen molar-refractivity contribution in [1.29, 1.82) is 0 Å². The summed E-state index contributed by atoms with van der Waals surface area (Å²) >= 11 is 7.08. The minimum absolute atomic E-state index is 0.0931. The Morgan fingerprint density at radius 3 is 2.94 bits per heavy atom. The Bertz CT molecular complexity index is 615. The predicted octanol–water partition coefficient (Wildman–Crippen LogP) is 1.00. The first kappa shape index (κ1) is 11.1. The van der Waals surface area contributed by atoms with Crippen LogP contribution in [0.2, 0.25) is 5.15 Å². The van der Waals surface area contributed by atoms with Crippen molar-refractivity contribution >= 4 is 22.9 Å². The van der Waals surface area contributed by atoms with Crippen molar-refractivity contribution in [3.8, 4) is 0 Å². The highest BCUT2D eigenvalue weighted by molar-refractivity contribution is 7.09. The van der Waals surface area contributed by atoms with Crippen LogP contribution in [0.25, 0.3) is 0 Å². The van der Waals surface area contributed by atoms with E-state index < -0.39 is 5.69 Å². The third-order valence-electron chi connectivity index (χ3n) is 2.15. The van der Waals surface area contributed by atoms with Crippen LogP contribution >= 0.6 is 22.9 Å². The van der Waals surface area contributed by atoms with Gasteiger partial charge in [-0.3, -0.25) is 19.3 Å². The summed E-state index contributed by atoms with van der Waals surface area (Å²) in [5.41, 5.74) is 1.11. The fraction of sp³-hybridized carbons (Fsp3) is 0.222. The summed E-state index contributed by atoms with van der Waals surface area (Å²) in [6, 6.07) is 0. The lowest BCUT2D eigenvalue weighted by molar-refractivity contribution is 0.698. The smallest absolute Gasteiger partial charge is 0.297 e. The van der Waals surface area contributed by atoms with E-state index in [2.05, 4.69) is 9.97 Å². The molecule has 0 bridgehead atoms. The third-order valence-corrected chi connectivity index (χ3v) is 3.30. The molecule has 7 heteroatoms. The number of hydrogen-bond donors (Lipinski definition) is 1. The Morgan fingerprint density at radius 1 is 1.56 bits per heavy atom. The van der Waals surface area contributed by atoms with Crippen molar-refractivity contribution in [2.45, 2.75) is 13.5 Å². The molecule has 0 atom stereocenters. The Balaban J connectivity index is 2.54. The highest BCUT2D eigenvalue weighted by Gasteiger charge is 2.09. The zero-order valence-corrected chi connectivity index (χ0v) is 9.93. The monoisotopic (exact) mass is 257 g/mol. The molecule has 0 fully saturated rings. The maximum absolute atomic E-state index is 11.8. The Hall–Kier alpha value is -1.40. The summed E-state index contributed by atoms with van der Waals surface area (Å²) in [4.78, 5) is 30.5. The molecule has 84 valence electrons. The second-order valence-corrected chi connectivity index (χ2v) is 4.58. The molecule has 2 rings (SSSR count). The number of nitrogens with one attached hydrogen (secondary N) is 1. The topological polar surface area (TPSA) is 67.8 Å². The van der Waals surface area contributed by atoms with Crippen molar-refractivity contribution in [2.24, 2.45) is 0 Å². The normalized spacial score (nSPS) is 10.6. The summed E-state index contributed by atoms with van der Waals surface area (Å²) in [6.45, 7) is 1.79. The van der Waals surface area contributed by atoms with E-state index in [1.165, 1.54) is 11.3 Å². The van der Waals surface area contributed by atoms with E-state index >= 15 is 0 Å². The molecule has 0 aliphatic carbocycles. The zero-order chi connectivity index (χ0) is 11.7. The molecule has 0 aliphatic rings. The zero-order valence-electron chi connectivity index (χ0n) is 8.36. The number of halogens is 1. The molecule has 5 nitrogen and oxygen atoms in total. The van der Waals surface area contributed by atoms with E-state index in [0.29, 0.717) is 5.56 Å². The summed E-state index contributed by atoms with van der Waals surface area (Å²) in [6.07, 6.45) is 1.63. The lowest BCUT2D eigenvalue weighted by Crippen LogP contribution is -2.36. The van der Waals surface area contributed by atoms with E-state index in [9.17, 15) is 9.59 Å². The minimum Gasteiger partial charge on any atom is -0.297 e. The molecule has 0 saturated heterocycles. The van der Waals surface area contributed by atoms with E-state index in [1.54, 1.807) is 18.6 Å². The van der Waals surface area contributed by atoms with Gasteiger partial charge >= 0.3 is 5.69 Å². The van der Waals surface area contributed by atoms with Gasteiger partial charge in [0.15, 0.2) is 0 Å². The van der Waals surface area contributed by atoms with Crippen LogP contribution in [0.4, 0.5) is 0 Å².